The molecular weight excluding hydrogens is 272 g/mol. The van der Waals surface area contributed by atoms with Gasteiger partial charge in [0.2, 0.25) is 0 Å². The Morgan fingerprint density at radius 1 is 1.26 bits per heavy atom. The van der Waals surface area contributed by atoms with Crippen LogP contribution in [0, 0.1) is 11.7 Å². The lowest BCUT2D eigenvalue weighted by molar-refractivity contribution is 0.364. The van der Waals surface area contributed by atoms with Crippen LogP contribution in [0.1, 0.15) is 37.3 Å². The van der Waals surface area contributed by atoms with Crippen LogP contribution >= 0.6 is 24.0 Å². The second kappa shape index (κ2) is 5.33. The molecule has 102 valence electrons. The molecule has 1 N–H and O–H groups in total. The van der Waals surface area contributed by atoms with Gasteiger partial charge in [0.15, 0.2) is 4.77 Å². The van der Waals surface area contributed by atoms with Crippen LogP contribution in [0.15, 0.2) is 18.2 Å². The number of H-pyrrole nitrogens is 1. The molecule has 1 heterocycles. The van der Waals surface area contributed by atoms with Gasteiger partial charge in [0.05, 0.1) is 11.0 Å². The number of nitrogens with one attached hydrogen (secondary N) is 1. The maximum Gasteiger partial charge on any atom is 0.178 e. The largest absolute Gasteiger partial charge is 0.330 e. The fraction of sp³-hybridized carbons (Fsp3) is 0.533. The third kappa shape index (κ3) is 2.36. The normalized spacial score (nSPS) is 23.9. The molecule has 1 aliphatic carbocycles. The molecule has 0 unspecified atom stereocenters. The number of rotatable bonds is 2. The van der Waals surface area contributed by atoms with Crippen LogP contribution in [0.3, 0.4) is 0 Å². The summed E-state index contributed by atoms with van der Waals surface area (Å²) in [5.41, 5.74) is 3.76. The molecule has 1 aliphatic rings. The van der Waals surface area contributed by atoms with Gasteiger partial charge in [0.1, 0.15) is 0 Å². The summed E-state index contributed by atoms with van der Waals surface area (Å²) in [5, 5.41) is 0.845. The number of aryl methyl sites for hydroxylation is 1. The first-order valence-corrected chi connectivity index (χ1v) is 8.63. The van der Waals surface area contributed by atoms with E-state index in [1.807, 2.05) is 11.8 Å². The van der Waals surface area contributed by atoms with E-state index in [2.05, 4.69) is 40.9 Å². The van der Waals surface area contributed by atoms with Crippen LogP contribution < -0.4 is 0 Å². The number of imidazole rings is 1. The van der Waals surface area contributed by atoms with E-state index in [1.165, 1.54) is 42.3 Å². The van der Waals surface area contributed by atoms with Crippen LogP contribution in [0.2, 0.25) is 0 Å². The zero-order valence-electron chi connectivity index (χ0n) is 11.5. The van der Waals surface area contributed by atoms with Gasteiger partial charge in [-0.05, 0) is 62.7 Å². The molecule has 2 aromatic rings. The van der Waals surface area contributed by atoms with E-state index >= 15 is 0 Å². The molecule has 2 nitrogen and oxygen atoms in total. The molecule has 3 rings (SSSR count). The van der Waals surface area contributed by atoms with Crippen LogP contribution in [-0.2, 0) is 0 Å². The predicted molar refractivity (Wildman–Crippen MR) is 86.7 cm³/mol. The fourth-order valence-electron chi connectivity index (χ4n) is 3.19. The highest BCUT2D eigenvalue weighted by Crippen LogP contribution is 2.35. The van der Waals surface area contributed by atoms with Crippen molar-refractivity contribution in [2.75, 3.05) is 6.26 Å². The number of benzene rings is 1. The van der Waals surface area contributed by atoms with Crippen LogP contribution in [-0.4, -0.2) is 21.1 Å². The summed E-state index contributed by atoms with van der Waals surface area (Å²) < 4.78 is 3.24. The predicted octanol–water partition coefficient (Wildman–Crippen LogP) is 4.85. The molecule has 19 heavy (non-hydrogen) atoms. The van der Waals surface area contributed by atoms with Crippen molar-refractivity contribution < 1.29 is 0 Å². The maximum atomic E-state index is 5.55. The fourth-order valence-corrected chi connectivity index (χ4v) is 4.29. The molecule has 0 saturated heterocycles. The average molecular weight is 292 g/mol. The number of thioether (sulfide) groups is 1. The molecule has 1 saturated carbocycles. The van der Waals surface area contributed by atoms with Gasteiger partial charge in [-0.3, -0.25) is 0 Å². The van der Waals surface area contributed by atoms with E-state index in [9.17, 15) is 0 Å². The van der Waals surface area contributed by atoms with E-state index in [0.717, 1.165) is 10.0 Å². The molecule has 4 heteroatoms. The highest BCUT2D eigenvalue weighted by Gasteiger charge is 2.23. The summed E-state index contributed by atoms with van der Waals surface area (Å²) in [4.78, 5) is 3.39. The zero-order valence-corrected chi connectivity index (χ0v) is 13.1. The van der Waals surface area contributed by atoms with E-state index < -0.39 is 0 Å². The number of hydrogen-bond donors (Lipinski definition) is 1. The lowest BCUT2D eigenvalue weighted by Gasteiger charge is -2.28. The van der Waals surface area contributed by atoms with Gasteiger partial charge in [-0.2, -0.15) is 11.8 Å². The van der Waals surface area contributed by atoms with Gasteiger partial charge in [-0.25, -0.2) is 0 Å². The van der Waals surface area contributed by atoms with Crippen LogP contribution in [0.5, 0.6) is 0 Å². The Morgan fingerprint density at radius 2 is 2.00 bits per heavy atom. The number of nitrogens with zero attached hydrogens (tertiary/aromatic N) is 1. The molecule has 0 atom stereocenters. The minimum absolute atomic E-state index is 0.575. The molecule has 0 bridgehead atoms. The van der Waals surface area contributed by atoms with Gasteiger partial charge in [0.25, 0.3) is 0 Å². The summed E-state index contributed by atoms with van der Waals surface area (Å²) >= 11 is 7.57. The van der Waals surface area contributed by atoms with Crippen molar-refractivity contribution in [1.82, 2.24) is 9.55 Å². The molecular formula is C15H20N2S2. The number of hydrogen-bond acceptors (Lipinski definition) is 2. The van der Waals surface area contributed by atoms with Crippen LogP contribution in [0.4, 0.5) is 0 Å². The SMILES string of the molecule is CSC1CCC(n2c(=S)[nH]c3c(C)cccc32)CC1. The van der Waals surface area contributed by atoms with Gasteiger partial charge in [0, 0.05) is 11.3 Å². The molecule has 0 aliphatic heterocycles. The lowest BCUT2D eigenvalue weighted by atomic mass is 9.94. The van der Waals surface area contributed by atoms with E-state index in [-0.39, 0.29) is 0 Å². The number of fused-ring (bicyclic) bond motifs is 1. The molecule has 1 fully saturated rings. The van der Waals surface area contributed by atoms with Crippen molar-refractivity contribution in [3.8, 4) is 0 Å². The monoisotopic (exact) mass is 292 g/mol. The minimum Gasteiger partial charge on any atom is -0.330 e. The van der Waals surface area contributed by atoms with Gasteiger partial charge in [-0.1, -0.05) is 12.1 Å². The summed E-state index contributed by atoms with van der Waals surface area (Å²) in [6.45, 7) is 2.14. The Morgan fingerprint density at radius 3 is 2.68 bits per heavy atom. The number of para-hydroxylation sites is 1. The lowest BCUT2D eigenvalue weighted by Crippen LogP contribution is -2.19. The molecule has 0 radical (unpaired) electrons. The molecule has 0 spiro atoms. The smallest absolute Gasteiger partial charge is 0.178 e. The molecule has 0 amide bonds. The minimum atomic E-state index is 0.575. The maximum absolute atomic E-state index is 5.55. The Labute approximate surface area is 123 Å². The van der Waals surface area contributed by atoms with Crippen LogP contribution in [0.25, 0.3) is 11.0 Å². The Balaban J connectivity index is 1.99. The van der Waals surface area contributed by atoms with E-state index in [0.29, 0.717) is 6.04 Å². The van der Waals surface area contributed by atoms with Gasteiger partial charge in [-0.15, -0.1) is 0 Å². The third-order valence-corrected chi connectivity index (χ3v) is 5.74. The topological polar surface area (TPSA) is 20.7 Å². The summed E-state index contributed by atoms with van der Waals surface area (Å²) in [6, 6.07) is 7.04. The Bertz CT molecular complexity index is 633. The van der Waals surface area contributed by atoms with Crippen molar-refractivity contribution in [1.29, 1.82) is 0 Å². The average Bonchev–Trinajstić information content (AvgIpc) is 2.77. The standard InChI is InChI=1S/C15H20N2S2/c1-10-4-3-5-13-14(10)16-15(18)17(13)11-6-8-12(19-2)9-7-11/h3-5,11-12H,6-9H2,1-2H3,(H,16,18). The first-order valence-electron chi connectivity index (χ1n) is 6.93. The zero-order chi connectivity index (χ0) is 13.4. The molecule has 1 aromatic heterocycles. The van der Waals surface area contributed by atoms with Crippen molar-refractivity contribution in [3.63, 3.8) is 0 Å². The molecule has 1 aromatic carbocycles. The van der Waals surface area contributed by atoms with E-state index in [1.54, 1.807) is 0 Å². The van der Waals surface area contributed by atoms with Crippen molar-refractivity contribution >= 4 is 35.0 Å². The Kier molecular flexibility index (Phi) is 3.72. The summed E-state index contributed by atoms with van der Waals surface area (Å²) in [6.07, 6.45) is 7.35. The highest BCUT2D eigenvalue weighted by atomic mass is 32.2. The highest BCUT2D eigenvalue weighted by molar-refractivity contribution is 7.99. The summed E-state index contributed by atoms with van der Waals surface area (Å²) in [7, 11) is 0. The van der Waals surface area contributed by atoms with Crippen molar-refractivity contribution in [2.45, 2.75) is 43.9 Å². The summed E-state index contributed by atoms with van der Waals surface area (Å²) in [5.74, 6) is 0. The van der Waals surface area contributed by atoms with Gasteiger partial charge >= 0.3 is 0 Å². The number of aromatic nitrogens is 2. The van der Waals surface area contributed by atoms with E-state index in [4.69, 9.17) is 12.2 Å². The second-order valence-corrected chi connectivity index (χ2v) is 6.96. The first-order chi connectivity index (χ1) is 9.20. The van der Waals surface area contributed by atoms with Crippen molar-refractivity contribution in [2.24, 2.45) is 0 Å². The van der Waals surface area contributed by atoms with Gasteiger partial charge < -0.3 is 9.55 Å². The van der Waals surface area contributed by atoms with Crippen molar-refractivity contribution in [3.05, 3.63) is 28.5 Å². The first kappa shape index (κ1) is 13.3. The quantitative estimate of drug-likeness (QED) is 0.798. The Hall–Kier alpha value is -0.740. The second-order valence-electron chi connectivity index (χ2n) is 5.44. The number of aromatic amines is 1. The third-order valence-electron chi connectivity index (χ3n) is 4.30.